The first-order valence-corrected chi connectivity index (χ1v) is 7.66. The summed E-state index contributed by atoms with van der Waals surface area (Å²) in [4.78, 5) is 0. The highest BCUT2D eigenvalue weighted by molar-refractivity contribution is 4.77. The Hall–Kier alpha value is -0.0400. The Balaban J connectivity index is 2.29. The maximum Gasteiger partial charge on any atom is 0.0490 e. The van der Waals surface area contributed by atoms with Crippen molar-refractivity contribution >= 4 is 0 Å². The highest BCUT2D eigenvalue weighted by atomic mass is 16.5. The van der Waals surface area contributed by atoms with Crippen molar-refractivity contribution in [1.82, 2.24) is 0 Å². The summed E-state index contributed by atoms with van der Waals surface area (Å²) in [6.07, 6.45) is 9.94. The van der Waals surface area contributed by atoms with Crippen LogP contribution in [-0.4, -0.2) is 13.7 Å². The molecule has 0 aliphatic heterocycles. The summed E-state index contributed by atoms with van der Waals surface area (Å²) in [6, 6.07) is 0. The summed E-state index contributed by atoms with van der Waals surface area (Å²) in [5.41, 5.74) is 0. The number of ether oxygens (including phenoxy) is 1. The van der Waals surface area contributed by atoms with E-state index in [0.29, 0.717) is 0 Å². The van der Waals surface area contributed by atoms with E-state index in [2.05, 4.69) is 20.8 Å². The van der Waals surface area contributed by atoms with Crippen LogP contribution in [0, 0.1) is 23.7 Å². The second-order valence-corrected chi connectivity index (χ2v) is 6.38. The van der Waals surface area contributed by atoms with E-state index in [1.54, 1.807) is 0 Å². The Morgan fingerprint density at radius 2 is 1.71 bits per heavy atom. The summed E-state index contributed by atoms with van der Waals surface area (Å²) in [5, 5.41) is 0. The average molecular weight is 240 g/mol. The van der Waals surface area contributed by atoms with Crippen molar-refractivity contribution in [3.63, 3.8) is 0 Å². The predicted octanol–water partition coefficient (Wildman–Crippen LogP) is 4.90. The minimum absolute atomic E-state index is 0.846. The quantitative estimate of drug-likeness (QED) is 0.615. The molecule has 1 atom stereocenters. The molecule has 1 fully saturated rings. The van der Waals surface area contributed by atoms with Gasteiger partial charge in [-0.2, -0.15) is 0 Å². The molecule has 0 N–H and O–H groups in total. The lowest BCUT2D eigenvalue weighted by Crippen LogP contribution is -2.23. The predicted molar refractivity (Wildman–Crippen MR) is 75.2 cm³/mol. The van der Waals surface area contributed by atoms with E-state index in [4.69, 9.17) is 4.74 Å². The smallest absolute Gasteiger partial charge is 0.0490 e. The van der Waals surface area contributed by atoms with Gasteiger partial charge in [-0.25, -0.2) is 0 Å². The van der Waals surface area contributed by atoms with Gasteiger partial charge in [-0.1, -0.05) is 33.6 Å². The SMILES string of the molecule is CCC(CCC(C)C)C1CCC(COC)CC1. The van der Waals surface area contributed by atoms with Gasteiger partial charge in [0.2, 0.25) is 0 Å². The Morgan fingerprint density at radius 3 is 2.18 bits per heavy atom. The summed E-state index contributed by atoms with van der Waals surface area (Å²) in [6.45, 7) is 8.06. The molecule has 0 saturated heterocycles. The number of rotatable bonds is 7. The van der Waals surface area contributed by atoms with Gasteiger partial charge in [0.25, 0.3) is 0 Å². The fourth-order valence-electron chi connectivity index (χ4n) is 3.38. The highest BCUT2D eigenvalue weighted by Gasteiger charge is 2.26. The Morgan fingerprint density at radius 1 is 1.06 bits per heavy atom. The molecule has 1 saturated carbocycles. The lowest BCUT2D eigenvalue weighted by Gasteiger charge is -2.33. The van der Waals surface area contributed by atoms with Crippen LogP contribution in [0.5, 0.6) is 0 Å². The molecule has 102 valence electrons. The van der Waals surface area contributed by atoms with Gasteiger partial charge in [-0.05, 0) is 55.8 Å². The summed E-state index contributed by atoms with van der Waals surface area (Å²) < 4.78 is 5.28. The Kier molecular flexibility index (Phi) is 7.18. The lowest BCUT2D eigenvalue weighted by atomic mass is 9.73. The molecule has 0 aromatic heterocycles. The average Bonchev–Trinajstić information content (AvgIpc) is 2.32. The van der Waals surface area contributed by atoms with Crippen LogP contribution in [0.15, 0.2) is 0 Å². The van der Waals surface area contributed by atoms with Gasteiger partial charge in [0.1, 0.15) is 0 Å². The van der Waals surface area contributed by atoms with Crippen molar-refractivity contribution in [3.8, 4) is 0 Å². The molecule has 1 heteroatoms. The lowest BCUT2D eigenvalue weighted by molar-refractivity contribution is 0.103. The van der Waals surface area contributed by atoms with Crippen molar-refractivity contribution in [2.24, 2.45) is 23.7 Å². The third-order valence-electron chi connectivity index (χ3n) is 4.60. The molecule has 0 amide bonds. The van der Waals surface area contributed by atoms with E-state index in [0.717, 1.165) is 30.3 Å². The Bertz CT molecular complexity index is 180. The zero-order chi connectivity index (χ0) is 12.7. The topological polar surface area (TPSA) is 9.23 Å². The zero-order valence-corrected chi connectivity index (χ0v) is 12.4. The van der Waals surface area contributed by atoms with Gasteiger partial charge in [0, 0.05) is 13.7 Å². The van der Waals surface area contributed by atoms with Crippen molar-refractivity contribution in [2.75, 3.05) is 13.7 Å². The zero-order valence-electron chi connectivity index (χ0n) is 12.4. The molecule has 0 aromatic rings. The summed E-state index contributed by atoms with van der Waals surface area (Å²) in [7, 11) is 1.84. The number of methoxy groups -OCH3 is 1. The van der Waals surface area contributed by atoms with Crippen LogP contribution in [-0.2, 0) is 4.74 Å². The largest absolute Gasteiger partial charge is 0.384 e. The number of hydrogen-bond donors (Lipinski definition) is 0. The molecule has 0 heterocycles. The van der Waals surface area contributed by atoms with Gasteiger partial charge in [-0.3, -0.25) is 0 Å². The summed E-state index contributed by atoms with van der Waals surface area (Å²) >= 11 is 0. The highest BCUT2D eigenvalue weighted by Crippen LogP contribution is 2.37. The first-order chi connectivity index (χ1) is 8.17. The molecule has 0 spiro atoms. The minimum Gasteiger partial charge on any atom is -0.384 e. The van der Waals surface area contributed by atoms with Crippen LogP contribution in [0.3, 0.4) is 0 Å². The molecular weight excluding hydrogens is 208 g/mol. The van der Waals surface area contributed by atoms with Gasteiger partial charge >= 0.3 is 0 Å². The molecule has 1 aliphatic rings. The van der Waals surface area contributed by atoms with Crippen LogP contribution in [0.2, 0.25) is 0 Å². The van der Waals surface area contributed by atoms with Crippen molar-refractivity contribution in [3.05, 3.63) is 0 Å². The second kappa shape index (κ2) is 8.13. The van der Waals surface area contributed by atoms with E-state index in [1.165, 1.54) is 44.9 Å². The fourth-order valence-corrected chi connectivity index (χ4v) is 3.38. The second-order valence-electron chi connectivity index (χ2n) is 6.38. The van der Waals surface area contributed by atoms with Gasteiger partial charge < -0.3 is 4.74 Å². The molecule has 17 heavy (non-hydrogen) atoms. The van der Waals surface area contributed by atoms with Crippen molar-refractivity contribution in [1.29, 1.82) is 0 Å². The maximum atomic E-state index is 5.28. The standard InChI is InChI=1S/C16H32O/c1-5-15(9-6-13(2)3)16-10-7-14(8-11-16)12-17-4/h13-16H,5-12H2,1-4H3. The van der Waals surface area contributed by atoms with Gasteiger partial charge in [0.05, 0.1) is 0 Å². The summed E-state index contributed by atoms with van der Waals surface area (Å²) in [5.74, 6) is 3.71. The van der Waals surface area contributed by atoms with Crippen LogP contribution >= 0.6 is 0 Å². The first kappa shape index (κ1) is 15.0. The van der Waals surface area contributed by atoms with Crippen molar-refractivity contribution < 1.29 is 4.74 Å². The van der Waals surface area contributed by atoms with Crippen LogP contribution in [0.4, 0.5) is 0 Å². The minimum atomic E-state index is 0.846. The monoisotopic (exact) mass is 240 g/mol. The van der Waals surface area contributed by atoms with Gasteiger partial charge in [0.15, 0.2) is 0 Å². The number of hydrogen-bond acceptors (Lipinski definition) is 1. The fraction of sp³-hybridized carbons (Fsp3) is 1.00. The third kappa shape index (κ3) is 5.42. The van der Waals surface area contributed by atoms with E-state index < -0.39 is 0 Å². The molecule has 0 radical (unpaired) electrons. The first-order valence-electron chi connectivity index (χ1n) is 7.66. The van der Waals surface area contributed by atoms with Crippen LogP contribution in [0.25, 0.3) is 0 Å². The van der Waals surface area contributed by atoms with E-state index >= 15 is 0 Å². The maximum absolute atomic E-state index is 5.28. The van der Waals surface area contributed by atoms with Crippen LogP contribution < -0.4 is 0 Å². The van der Waals surface area contributed by atoms with E-state index in [-0.39, 0.29) is 0 Å². The molecular formula is C16H32O. The van der Waals surface area contributed by atoms with Crippen LogP contribution in [0.1, 0.15) is 65.7 Å². The van der Waals surface area contributed by atoms with E-state index in [1.807, 2.05) is 7.11 Å². The van der Waals surface area contributed by atoms with Crippen molar-refractivity contribution in [2.45, 2.75) is 65.7 Å². The third-order valence-corrected chi connectivity index (χ3v) is 4.60. The molecule has 1 nitrogen and oxygen atoms in total. The molecule has 0 aromatic carbocycles. The van der Waals surface area contributed by atoms with Gasteiger partial charge in [-0.15, -0.1) is 0 Å². The van der Waals surface area contributed by atoms with E-state index in [9.17, 15) is 0 Å². The Labute approximate surface area is 108 Å². The normalized spacial score (nSPS) is 27.4. The molecule has 1 aliphatic carbocycles. The molecule has 1 rings (SSSR count). The molecule has 1 unspecified atom stereocenters. The molecule has 0 bridgehead atoms.